The third-order valence-electron chi connectivity index (χ3n) is 4.53. The van der Waals surface area contributed by atoms with Crippen LogP contribution in [-0.2, 0) is 25.4 Å². The number of carbonyl (C=O) groups excluding carboxylic acids is 1. The molecule has 1 fully saturated rings. The molecule has 122 valence electrons. The summed E-state index contributed by atoms with van der Waals surface area (Å²) >= 11 is 0. The highest BCUT2D eigenvalue weighted by Crippen LogP contribution is 2.36. The first kappa shape index (κ1) is 17.1. The Hall–Kier alpha value is -1.24. The van der Waals surface area contributed by atoms with Gasteiger partial charge in [0.1, 0.15) is 5.78 Å². The average molecular weight is 325 g/mol. The second-order valence-corrected chi connectivity index (χ2v) is 6.46. The van der Waals surface area contributed by atoms with E-state index in [0.717, 1.165) is 38.0 Å². The quantitative estimate of drug-likeness (QED) is 0.609. The van der Waals surface area contributed by atoms with E-state index in [0.29, 0.717) is 6.42 Å². The average Bonchev–Trinajstić information content (AvgIpc) is 2.52. The summed E-state index contributed by atoms with van der Waals surface area (Å²) in [5.74, 6) is 0.227. The van der Waals surface area contributed by atoms with Crippen molar-refractivity contribution in [1.82, 2.24) is 4.90 Å². The SMILES string of the molecule is CC(=O)C1(c2ccccc2)CCN(CCCO[SH](=O)=O)CC1. The lowest BCUT2D eigenvalue weighted by Crippen LogP contribution is -2.46. The molecule has 0 radical (unpaired) electrons. The van der Waals surface area contributed by atoms with Crippen LogP contribution in [0.4, 0.5) is 0 Å². The molecule has 1 saturated heterocycles. The molecule has 0 spiro atoms. The molecule has 0 bridgehead atoms. The fourth-order valence-corrected chi connectivity index (χ4v) is 3.46. The first-order valence-electron chi connectivity index (χ1n) is 7.61. The molecule has 0 unspecified atom stereocenters. The molecule has 0 N–H and O–H groups in total. The summed E-state index contributed by atoms with van der Waals surface area (Å²) in [4.78, 5) is 14.5. The molecule has 1 aromatic rings. The van der Waals surface area contributed by atoms with E-state index in [-0.39, 0.29) is 17.8 Å². The largest absolute Gasteiger partial charge is 0.303 e. The molecule has 0 amide bonds. The Labute approximate surface area is 133 Å². The van der Waals surface area contributed by atoms with E-state index in [1.54, 1.807) is 6.92 Å². The Morgan fingerprint density at radius 2 is 1.86 bits per heavy atom. The third kappa shape index (κ3) is 4.15. The lowest BCUT2D eigenvalue weighted by atomic mass is 9.70. The molecule has 0 saturated carbocycles. The van der Waals surface area contributed by atoms with Crippen molar-refractivity contribution in [3.05, 3.63) is 35.9 Å². The zero-order valence-corrected chi connectivity index (χ0v) is 13.8. The van der Waals surface area contributed by atoms with Crippen LogP contribution in [0.3, 0.4) is 0 Å². The number of rotatable bonds is 7. The summed E-state index contributed by atoms with van der Waals surface area (Å²) in [6, 6.07) is 10.0. The van der Waals surface area contributed by atoms with Gasteiger partial charge < -0.3 is 4.90 Å². The first-order valence-corrected chi connectivity index (χ1v) is 8.70. The number of hydrogen-bond acceptors (Lipinski definition) is 5. The summed E-state index contributed by atoms with van der Waals surface area (Å²) < 4.78 is 25.2. The van der Waals surface area contributed by atoms with Gasteiger partial charge in [0.05, 0.1) is 12.0 Å². The second-order valence-electron chi connectivity index (χ2n) is 5.76. The van der Waals surface area contributed by atoms with Crippen molar-refractivity contribution in [1.29, 1.82) is 0 Å². The van der Waals surface area contributed by atoms with Crippen LogP contribution in [-0.4, -0.2) is 45.3 Å². The molecule has 1 aliphatic heterocycles. The van der Waals surface area contributed by atoms with Crippen molar-refractivity contribution in [2.45, 2.75) is 31.6 Å². The van der Waals surface area contributed by atoms with Gasteiger partial charge in [0, 0.05) is 6.54 Å². The van der Waals surface area contributed by atoms with Gasteiger partial charge in [0.2, 0.25) is 0 Å². The standard InChI is InChI=1S/C16H23NO4S/c1-14(18)16(15-6-3-2-4-7-15)8-11-17(12-9-16)10-5-13-21-22(19)20/h2-4,6-7,22H,5,8-13H2,1H3. The number of likely N-dealkylation sites (tertiary alicyclic amines) is 1. The van der Waals surface area contributed by atoms with Crippen LogP contribution in [0.25, 0.3) is 0 Å². The normalized spacial score (nSPS) is 18.5. The van der Waals surface area contributed by atoms with Crippen LogP contribution < -0.4 is 0 Å². The third-order valence-corrected chi connectivity index (χ3v) is 4.92. The molecule has 22 heavy (non-hydrogen) atoms. The second kappa shape index (κ2) is 7.85. The van der Waals surface area contributed by atoms with Crippen molar-refractivity contribution in [2.75, 3.05) is 26.2 Å². The van der Waals surface area contributed by atoms with Crippen LogP contribution in [0.2, 0.25) is 0 Å². The van der Waals surface area contributed by atoms with E-state index in [1.807, 2.05) is 30.3 Å². The van der Waals surface area contributed by atoms with Gasteiger partial charge in [-0.1, -0.05) is 30.3 Å². The number of carbonyl (C=O) groups is 1. The summed E-state index contributed by atoms with van der Waals surface area (Å²) in [7, 11) is -2.75. The predicted octanol–water partition coefficient (Wildman–Crippen LogP) is 1.54. The zero-order valence-electron chi connectivity index (χ0n) is 12.9. The van der Waals surface area contributed by atoms with Gasteiger partial charge in [-0.15, -0.1) is 0 Å². The number of piperidine rings is 1. The fourth-order valence-electron chi connectivity index (χ4n) is 3.19. The van der Waals surface area contributed by atoms with E-state index in [2.05, 4.69) is 9.08 Å². The Morgan fingerprint density at radius 3 is 2.41 bits per heavy atom. The molecular weight excluding hydrogens is 302 g/mol. The van der Waals surface area contributed by atoms with Gasteiger partial charge in [-0.05, 0) is 44.8 Å². The highest BCUT2D eigenvalue weighted by atomic mass is 32.2. The van der Waals surface area contributed by atoms with Crippen LogP contribution in [0.1, 0.15) is 31.7 Å². The monoisotopic (exact) mass is 325 g/mol. The highest BCUT2D eigenvalue weighted by molar-refractivity contribution is 7.67. The minimum atomic E-state index is -2.75. The molecule has 0 aliphatic carbocycles. The zero-order chi connectivity index (χ0) is 16.0. The van der Waals surface area contributed by atoms with Gasteiger partial charge in [-0.3, -0.25) is 8.98 Å². The van der Waals surface area contributed by atoms with Crippen LogP contribution in [0.5, 0.6) is 0 Å². The van der Waals surface area contributed by atoms with Gasteiger partial charge in [-0.25, -0.2) is 8.42 Å². The Bertz CT molecular complexity index is 555. The number of hydrogen-bond donors (Lipinski definition) is 1. The van der Waals surface area contributed by atoms with Gasteiger partial charge in [-0.2, -0.15) is 0 Å². The van der Waals surface area contributed by atoms with Crippen molar-refractivity contribution in [3.8, 4) is 0 Å². The van der Waals surface area contributed by atoms with Crippen molar-refractivity contribution in [2.24, 2.45) is 0 Å². The van der Waals surface area contributed by atoms with Gasteiger partial charge in [0.25, 0.3) is 11.0 Å². The van der Waals surface area contributed by atoms with Crippen molar-refractivity contribution >= 4 is 16.8 Å². The van der Waals surface area contributed by atoms with E-state index < -0.39 is 11.0 Å². The number of nitrogens with zero attached hydrogens (tertiary/aromatic N) is 1. The topological polar surface area (TPSA) is 63.7 Å². The molecule has 0 aromatic heterocycles. The summed E-state index contributed by atoms with van der Waals surface area (Å²) in [6.45, 7) is 4.40. The molecule has 6 heteroatoms. The Balaban J connectivity index is 1.92. The van der Waals surface area contributed by atoms with E-state index in [9.17, 15) is 13.2 Å². The smallest absolute Gasteiger partial charge is 0.257 e. The molecular formula is C16H23NO4S. The summed E-state index contributed by atoms with van der Waals surface area (Å²) in [6.07, 6.45) is 2.30. The maximum Gasteiger partial charge on any atom is 0.257 e. The first-order chi connectivity index (χ1) is 10.5. The van der Waals surface area contributed by atoms with Crippen molar-refractivity contribution in [3.63, 3.8) is 0 Å². The van der Waals surface area contributed by atoms with Crippen LogP contribution in [0.15, 0.2) is 30.3 Å². The van der Waals surface area contributed by atoms with Gasteiger partial charge in [0.15, 0.2) is 0 Å². The fraction of sp³-hybridized carbons (Fsp3) is 0.562. The molecule has 1 aromatic carbocycles. The van der Waals surface area contributed by atoms with E-state index in [1.165, 1.54) is 0 Å². The van der Waals surface area contributed by atoms with E-state index in [4.69, 9.17) is 0 Å². The minimum absolute atomic E-state index is 0.227. The molecule has 2 rings (SSSR count). The Morgan fingerprint density at radius 1 is 1.23 bits per heavy atom. The Kier molecular flexibility index (Phi) is 6.11. The molecule has 1 aliphatic rings. The van der Waals surface area contributed by atoms with Crippen LogP contribution >= 0.6 is 0 Å². The molecule has 5 nitrogen and oxygen atoms in total. The number of Topliss-reactive ketones (excluding diaryl/α,β-unsaturated/α-hetero) is 1. The number of ketones is 1. The molecule has 0 atom stereocenters. The maximum absolute atomic E-state index is 12.3. The highest BCUT2D eigenvalue weighted by Gasteiger charge is 2.39. The van der Waals surface area contributed by atoms with E-state index >= 15 is 0 Å². The molecule has 1 heterocycles. The minimum Gasteiger partial charge on any atom is -0.303 e. The predicted molar refractivity (Wildman–Crippen MR) is 85.4 cm³/mol. The lowest BCUT2D eigenvalue weighted by molar-refractivity contribution is -0.124. The number of thiol groups is 1. The van der Waals surface area contributed by atoms with Crippen LogP contribution in [0, 0.1) is 0 Å². The summed E-state index contributed by atoms with van der Waals surface area (Å²) in [5.41, 5.74) is 0.737. The van der Waals surface area contributed by atoms with Crippen molar-refractivity contribution < 1.29 is 17.4 Å². The van der Waals surface area contributed by atoms with Gasteiger partial charge >= 0.3 is 0 Å². The maximum atomic E-state index is 12.3. The lowest BCUT2D eigenvalue weighted by Gasteiger charge is -2.40. The summed E-state index contributed by atoms with van der Waals surface area (Å²) in [5, 5.41) is 0. The number of benzene rings is 1.